The normalized spacial score (nSPS) is 12.3. The lowest BCUT2D eigenvalue weighted by atomic mass is 10.1. The zero-order valence-electron chi connectivity index (χ0n) is 16.2. The molecule has 2 aromatic carbocycles. The van der Waals surface area contributed by atoms with Crippen LogP contribution in [0.25, 0.3) is 15.5 Å². The lowest BCUT2D eigenvalue weighted by Crippen LogP contribution is -2.12. The van der Waals surface area contributed by atoms with Crippen molar-refractivity contribution in [2.45, 2.75) is 13.3 Å². The van der Waals surface area contributed by atoms with Crippen LogP contribution < -0.4 is 19.5 Å². The van der Waals surface area contributed by atoms with Crippen molar-refractivity contribution in [1.82, 2.24) is 19.8 Å². The van der Waals surface area contributed by atoms with Gasteiger partial charge in [0.05, 0.1) is 12.8 Å². The van der Waals surface area contributed by atoms with Gasteiger partial charge in [0.1, 0.15) is 10.8 Å². The summed E-state index contributed by atoms with van der Waals surface area (Å²) in [5.41, 5.74) is 1.84. The Morgan fingerprint density at radius 2 is 2.07 bits per heavy atom. The molecule has 1 aliphatic heterocycles. The highest BCUT2D eigenvalue weighted by Gasteiger charge is 2.18. The number of anilines is 1. The van der Waals surface area contributed by atoms with E-state index in [4.69, 9.17) is 14.2 Å². The zero-order valence-corrected chi connectivity index (χ0v) is 17.0. The molecule has 5 rings (SSSR count). The van der Waals surface area contributed by atoms with Crippen LogP contribution in [-0.2, 0) is 6.42 Å². The highest BCUT2D eigenvalue weighted by Crippen LogP contribution is 2.35. The highest BCUT2D eigenvalue weighted by molar-refractivity contribution is 7.19. The molecule has 9 nitrogen and oxygen atoms in total. The SMILES string of the molecule is CCc1nnc2sc(-c3ccc(OC)c(NC(=O)c4ccc5c(c4)OCO5)c3)nn12. The molecule has 0 bridgehead atoms. The number of methoxy groups -OCH3 is 1. The summed E-state index contributed by atoms with van der Waals surface area (Å²) >= 11 is 1.43. The summed E-state index contributed by atoms with van der Waals surface area (Å²) in [6.07, 6.45) is 0.740. The maximum atomic E-state index is 12.8. The first-order valence-corrected chi connectivity index (χ1v) is 10.1. The monoisotopic (exact) mass is 423 g/mol. The Hall–Kier alpha value is -3.66. The summed E-state index contributed by atoms with van der Waals surface area (Å²) in [5.74, 6) is 2.24. The first kappa shape index (κ1) is 18.4. The van der Waals surface area contributed by atoms with Gasteiger partial charge in [0.2, 0.25) is 11.8 Å². The number of hydrogen-bond acceptors (Lipinski definition) is 8. The predicted molar refractivity (Wildman–Crippen MR) is 111 cm³/mol. The molecule has 0 unspecified atom stereocenters. The number of rotatable bonds is 5. The first-order valence-electron chi connectivity index (χ1n) is 9.27. The van der Waals surface area contributed by atoms with Gasteiger partial charge in [-0.2, -0.15) is 9.61 Å². The molecule has 0 radical (unpaired) electrons. The molecular weight excluding hydrogens is 406 g/mol. The van der Waals surface area contributed by atoms with Gasteiger partial charge in [0.25, 0.3) is 5.91 Å². The van der Waals surface area contributed by atoms with E-state index >= 15 is 0 Å². The lowest BCUT2D eigenvalue weighted by molar-refractivity contribution is 0.102. The molecule has 0 spiro atoms. The number of ether oxygens (including phenoxy) is 3. The van der Waals surface area contributed by atoms with Gasteiger partial charge in [-0.25, -0.2) is 0 Å². The molecule has 0 saturated carbocycles. The van der Waals surface area contributed by atoms with Crippen LogP contribution in [0.2, 0.25) is 0 Å². The fourth-order valence-corrected chi connectivity index (χ4v) is 4.02. The average Bonchev–Trinajstić information content (AvgIpc) is 3.48. The smallest absolute Gasteiger partial charge is 0.255 e. The second kappa shape index (κ2) is 7.30. The van der Waals surface area contributed by atoms with E-state index in [9.17, 15) is 4.79 Å². The molecule has 0 saturated heterocycles. The summed E-state index contributed by atoms with van der Waals surface area (Å²) in [7, 11) is 1.56. The average molecular weight is 423 g/mol. The number of fused-ring (bicyclic) bond motifs is 2. The Bertz CT molecular complexity index is 1270. The van der Waals surface area contributed by atoms with Crippen molar-refractivity contribution in [2.24, 2.45) is 0 Å². The molecule has 10 heteroatoms. The van der Waals surface area contributed by atoms with E-state index in [-0.39, 0.29) is 12.7 Å². The summed E-state index contributed by atoms with van der Waals surface area (Å²) in [5, 5.41) is 16.6. The van der Waals surface area contributed by atoms with E-state index < -0.39 is 0 Å². The number of amides is 1. The topological polar surface area (TPSA) is 99.9 Å². The van der Waals surface area contributed by atoms with Gasteiger partial charge in [-0.15, -0.1) is 10.2 Å². The molecule has 1 amide bonds. The fourth-order valence-electron chi connectivity index (χ4n) is 3.17. The Kier molecular flexibility index (Phi) is 4.47. The van der Waals surface area contributed by atoms with Crippen LogP contribution in [0.4, 0.5) is 5.69 Å². The van der Waals surface area contributed by atoms with Crippen LogP contribution in [0.3, 0.4) is 0 Å². The van der Waals surface area contributed by atoms with Crippen molar-refractivity contribution in [2.75, 3.05) is 19.2 Å². The number of hydrogen-bond donors (Lipinski definition) is 1. The van der Waals surface area contributed by atoms with Crippen LogP contribution in [0.15, 0.2) is 36.4 Å². The molecular formula is C20H17N5O4S. The molecule has 0 fully saturated rings. The largest absolute Gasteiger partial charge is 0.495 e. The summed E-state index contributed by atoms with van der Waals surface area (Å²) in [4.78, 5) is 13.5. The van der Waals surface area contributed by atoms with Crippen LogP contribution in [0, 0.1) is 0 Å². The summed E-state index contributed by atoms with van der Waals surface area (Å²) in [6.45, 7) is 2.16. The molecule has 1 aliphatic rings. The lowest BCUT2D eigenvalue weighted by Gasteiger charge is -2.11. The van der Waals surface area contributed by atoms with Gasteiger partial charge < -0.3 is 19.5 Å². The van der Waals surface area contributed by atoms with E-state index in [1.54, 1.807) is 35.9 Å². The Morgan fingerprint density at radius 3 is 2.90 bits per heavy atom. The minimum Gasteiger partial charge on any atom is -0.495 e. The number of benzene rings is 2. The van der Waals surface area contributed by atoms with Gasteiger partial charge in [0.15, 0.2) is 17.3 Å². The Balaban J connectivity index is 1.46. The minimum absolute atomic E-state index is 0.156. The molecule has 0 atom stereocenters. The Labute approximate surface area is 175 Å². The van der Waals surface area contributed by atoms with Gasteiger partial charge in [-0.1, -0.05) is 18.3 Å². The third-order valence-electron chi connectivity index (χ3n) is 4.70. The number of carbonyl (C=O) groups excluding carboxylic acids is 1. The van der Waals surface area contributed by atoms with Crippen molar-refractivity contribution >= 4 is 27.9 Å². The standard InChI is InChI=1S/C20H17N5O4S/c1-3-17-22-23-20-25(17)24-19(30-20)12-5-6-14(27-2)13(8-12)21-18(26)11-4-7-15-16(9-11)29-10-28-15/h4-9H,3,10H2,1-2H3,(H,21,26). The van der Waals surface area contributed by atoms with Gasteiger partial charge in [-0.05, 0) is 36.4 Å². The number of nitrogens with one attached hydrogen (secondary N) is 1. The highest BCUT2D eigenvalue weighted by atomic mass is 32.1. The molecule has 30 heavy (non-hydrogen) atoms. The quantitative estimate of drug-likeness (QED) is 0.525. The maximum absolute atomic E-state index is 12.8. The third kappa shape index (κ3) is 3.11. The summed E-state index contributed by atoms with van der Waals surface area (Å²) in [6, 6.07) is 10.6. The fraction of sp³-hybridized carbons (Fsp3) is 0.200. The summed E-state index contributed by atoms with van der Waals surface area (Å²) < 4.78 is 17.8. The molecule has 1 N–H and O–H groups in total. The second-order valence-electron chi connectivity index (χ2n) is 6.51. The maximum Gasteiger partial charge on any atom is 0.255 e. The van der Waals surface area contributed by atoms with E-state index in [2.05, 4.69) is 20.6 Å². The molecule has 3 heterocycles. The number of carbonyl (C=O) groups is 1. The van der Waals surface area contributed by atoms with E-state index in [0.717, 1.165) is 27.8 Å². The predicted octanol–water partition coefficient (Wildman–Crippen LogP) is 3.40. The van der Waals surface area contributed by atoms with Crippen LogP contribution in [-0.4, -0.2) is 39.6 Å². The second-order valence-corrected chi connectivity index (χ2v) is 7.46. The van der Waals surface area contributed by atoms with Crippen LogP contribution in [0.1, 0.15) is 23.1 Å². The van der Waals surface area contributed by atoms with Gasteiger partial charge in [-0.3, -0.25) is 4.79 Å². The molecule has 4 aromatic rings. The van der Waals surface area contributed by atoms with Gasteiger partial charge >= 0.3 is 0 Å². The van der Waals surface area contributed by atoms with Crippen molar-refractivity contribution < 1.29 is 19.0 Å². The van der Waals surface area contributed by atoms with Gasteiger partial charge in [0, 0.05) is 17.5 Å². The molecule has 152 valence electrons. The third-order valence-corrected chi connectivity index (χ3v) is 5.65. The van der Waals surface area contributed by atoms with Crippen molar-refractivity contribution in [1.29, 1.82) is 0 Å². The van der Waals surface area contributed by atoms with Crippen molar-refractivity contribution in [3.63, 3.8) is 0 Å². The molecule has 2 aromatic heterocycles. The van der Waals surface area contributed by atoms with E-state index in [1.807, 2.05) is 19.1 Å². The Morgan fingerprint density at radius 1 is 1.20 bits per heavy atom. The minimum atomic E-state index is -0.282. The number of aromatic nitrogens is 4. The number of nitrogens with zero attached hydrogens (tertiary/aromatic N) is 4. The van der Waals surface area contributed by atoms with E-state index in [0.29, 0.717) is 28.5 Å². The van der Waals surface area contributed by atoms with Crippen LogP contribution in [0.5, 0.6) is 17.2 Å². The van der Waals surface area contributed by atoms with Crippen molar-refractivity contribution in [3.05, 3.63) is 47.8 Å². The van der Waals surface area contributed by atoms with Crippen LogP contribution >= 0.6 is 11.3 Å². The molecule has 0 aliphatic carbocycles. The van der Waals surface area contributed by atoms with E-state index in [1.165, 1.54) is 11.3 Å². The first-order chi connectivity index (χ1) is 14.7. The van der Waals surface area contributed by atoms with Crippen molar-refractivity contribution in [3.8, 4) is 27.8 Å². The zero-order chi connectivity index (χ0) is 20.7. The number of aryl methyl sites for hydroxylation is 1.